The van der Waals surface area contributed by atoms with Crippen molar-refractivity contribution < 1.29 is 19.2 Å². The normalized spacial score (nSPS) is 19.9. The fraction of sp³-hybridized carbons (Fsp3) is 0.359. The molecule has 11 heteroatoms. The molecule has 1 aromatic heterocycles. The minimum Gasteiger partial charge on any atom is -0.350 e. The Kier molecular flexibility index (Phi) is 9.75. The Morgan fingerprint density at radius 2 is 1.44 bits per heavy atom. The van der Waals surface area contributed by atoms with Gasteiger partial charge in [-0.05, 0) is 60.8 Å². The van der Waals surface area contributed by atoms with E-state index in [1.165, 1.54) is 0 Å². The number of nitrogens with zero attached hydrogens (tertiary/aromatic N) is 3. The quantitative estimate of drug-likeness (QED) is 0.186. The maximum absolute atomic E-state index is 13.8. The molecule has 3 fully saturated rings. The van der Waals surface area contributed by atoms with E-state index in [2.05, 4.69) is 20.6 Å². The second kappa shape index (κ2) is 14.7. The zero-order valence-corrected chi connectivity index (χ0v) is 28.0. The van der Waals surface area contributed by atoms with E-state index in [4.69, 9.17) is 5.73 Å². The van der Waals surface area contributed by atoms with Crippen LogP contribution >= 0.6 is 0 Å². The zero-order chi connectivity index (χ0) is 34.6. The number of nitrogens with one attached hydrogen (secondary N) is 3. The number of hydrogen-bond donors (Lipinski definition) is 4. The van der Waals surface area contributed by atoms with Crippen LogP contribution in [0.15, 0.2) is 91.1 Å². The summed E-state index contributed by atoms with van der Waals surface area (Å²) in [5.74, 6) is 0.0216. The predicted molar refractivity (Wildman–Crippen MR) is 188 cm³/mol. The van der Waals surface area contributed by atoms with Crippen molar-refractivity contribution >= 4 is 23.6 Å². The predicted octanol–water partition coefficient (Wildman–Crippen LogP) is 4.31. The first-order valence-electron chi connectivity index (χ1n) is 17.6. The Morgan fingerprint density at radius 3 is 2.14 bits per heavy atom. The summed E-state index contributed by atoms with van der Waals surface area (Å²) in [5.41, 5.74) is 10.5. The van der Waals surface area contributed by atoms with Crippen molar-refractivity contribution in [2.45, 2.75) is 69.2 Å². The van der Waals surface area contributed by atoms with Crippen molar-refractivity contribution in [1.82, 2.24) is 30.4 Å². The van der Waals surface area contributed by atoms with Crippen molar-refractivity contribution in [1.29, 1.82) is 0 Å². The Bertz CT molecular complexity index is 1820. The van der Waals surface area contributed by atoms with Crippen LogP contribution in [0.4, 0.5) is 0 Å². The van der Waals surface area contributed by atoms with E-state index in [1.54, 1.807) is 11.1 Å². The van der Waals surface area contributed by atoms with Crippen LogP contribution in [0.5, 0.6) is 0 Å². The third-order valence-corrected chi connectivity index (χ3v) is 10.1. The van der Waals surface area contributed by atoms with Gasteiger partial charge in [0.25, 0.3) is 0 Å². The van der Waals surface area contributed by atoms with E-state index >= 15 is 0 Å². The van der Waals surface area contributed by atoms with Gasteiger partial charge in [-0.1, -0.05) is 84.9 Å². The van der Waals surface area contributed by atoms with E-state index in [1.807, 2.05) is 89.8 Å². The number of nitrogens with two attached hydrogens (primary N) is 1. The molecule has 0 bridgehead atoms. The molecule has 2 aliphatic heterocycles. The highest BCUT2D eigenvalue weighted by molar-refractivity contribution is 5.94. The monoisotopic (exact) mass is 673 g/mol. The molecule has 11 nitrogen and oxygen atoms in total. The molecule has 3 aliphatic rings. The van der Waals surface area contributed by atoms with Crippen LogP contribution in [0.25, 0.3) is 11.3 Å². The molecule has 0 spiro atoms. The second-order valence-electron chi connectivity index (χ2n) is 13.5. The SMILES string of the molecule is N[C@@H](C(=O)N1CCC[C@H]1c1ncc(-c2ccc(CNC(=O)[C@@H]3CCCN3C(=O)[C@H](NC(=O)C3CC3)c3ccccc3)cc2)[nH]1)c1ccccc1. The first-order valence-corrected chi connectivity index (χ1v) is 17.6. The highest BCUT2D eigenvalue weighted by Crippen LogP contribution is 2.34. The number of H-pyrrole nitrogens is 1. The largest absolute Gasteiger partial charge is 0.350 e. The number of aromatic amines is 1. The number of aromatic nitrogens is 2. The Labute approximate surface area is 291 Å². The molecule has 1 saturated carbocycles. The summed E-state index contributed by atoms with van der Waals surface area (Å²) >= 11 is 0. The molecular formula is C39H43N7O4. The first-order chi connectivity index (χ1) is 24.4. The number of likely N-dealkylation sites (tertiary alicyclic amines) is 2. The van der Waals surface area contributed by atoms with E-state index in [0.29, 0.717) is 31.6 Å². The minimum atomic E-state index is -0.822. The molecule has 3 aromatic carbocycles. The molecule has 3 heterocycles. The molecular weight excluding hydrogens is 630 g/mol. The lowest BCUT2D eigenvalue weighted by atomic mass is 10.0. The molecule has 50 heavy (non-hydrogen) atoms. The Balaban J connectivity index is 0.961. The summed E-state index contributed by atoms with van der Waals surface area (Å²) in [4.78, 5) is 64.7. The molecule has 0 radical (unpaired) electrons. The fourth-order valence-electron chi connectivity index (χ4n) is 7.07. The van der Waals surface area contributed by atoms with Crippen molar-refractivity contribution in [3.05, 3.63) is 114 Å². The number of imidazole rings is 1. The number of benzene rings is 3. The standard InChI is InChI=1S/C39H43N7O4/c40-33(27-9-3-1-4-10-27)38(49)45-21-7-13-31(45)35-41-24-30(43-35)26-17-15-25(16-18-26)23-42-37(48)32-14-8-22-46(32)39(50)34(28-11-5-2-6-12-28)44-36(47)29-19-20-29/h1-6,9-12,15-18,24,29,31-34H,7-8,13-14,19-23,40H2,(H,41,43)(H,42,48)(H,44,47)/t31-,32-,33+,34+/m0/s1. The van der Waals surface area contributed by atoms with Gasteiger partial charge < -0.3 is 31.2 Å². The van der Waals surface area contributed by atoms with Crippen LogP contribution in [0, 0.1) is 5.92 Å². The van der Waals surface area contributed by atoms with Crippen LogP contribution in [0.1, 0.15) is 79.2 Å². The van der Waals surface area contributed by atoms with Gasteiger partial charge in [-0.15, -0.1) is 0 Å². The maximum atomic E-state index is 13.8. The molecule has 2 saturated heterocycles. The summed E-state index contributed by atoms with van der Waals surface area (Å²) in [6.07, 6.45) is 6.44. The van der Waals surface area contributed by atoms with Gasteiger partial charge in [-0.2, -0.15) is 0 Å². The van der Waals surface area contributed by atoms with E-state index in [-0.39, 0.29) is 35.6 Å². The topological polar surface area (TPSA) is 154 Å². The Morgan fingerprint density at radius 1 is 0.780 bits per heavy atom. The summed E-state index contributed by atoms with van der Waals surface area (Å²) in [6, 6.07) is 24.2. The summed E-state index contributed by atoms with van der Waals surface area (Å²) in [6.45, 7) is 1.41. The Hall–Kier alpha value is -5.29. The lowest BCUT2D eigenvalue weighted by Gasteiger charge is -2.29. The van der Waals surface area contributed by atoms with Gasteiger partial charge in [0.2, 0.25) is 23.6 Å². The van der Waals surface area contributed by atoms with Gasteiger partial charge in [0, 0.05) is 25.6 Å². The number of hydrogen-bond acceptors (Lipinski definition) is 6. The van der Waals surface area contributed by atoms with Gasteiger partial charge in [0.15, 0.2) is 0 Å². The molecule has 4 atom stereocenters. The fourth-order valence-corrected chi connectivity index (χ4v) is 7.07. The number of carbonyl (C=O) groups is 4. The van der Waals surface area contributed by atoms with Gasteiger partial charge in [0.1, 0.15) is 23.9 Å². The van der Waals surface area contributed by atoms with Crippen molar-refractivity contribution in [2.75, 3.05) is 13.1 Å². The third-order valence-electron chi connectivity index (χ3n) is 10.1. The van der Waals surface area contributed by atoms with E-state index < -0.39 is 18.1 Å². The van der Waals surface area contributed by atoms with Crippen LogP contribution in [-0.4, -0.2) is 62.5 Å². The number of rotatable bonds is 11. The molecule has 258 valence electrons. The van der Waals surface area contributed by atoms with Crippen LogP contribution in [0.2, 0.25) is 0 Å². The lowest BCUT2D eigenvalue weighted by molar-refractivity contribution is -0.141. The molecule has 7 rings (SSSR count). The summed E-state index contributed by atoms with van der Waals surface area (Å²) in [5, 5.41) is 5.97. The van der Waals surface area contributed by atoms with Crippen molar-refractivity contribution in [2.24, 2.45) is 11.7 Å². The highest BCUT2D eigenvalue weighted by atomic mass is 16.2. The molecule has 4 aromatic rings. The van der Waals surface area contributed by atoms with E-state index in [9.17, 15) is 19.2 Å². The molecule has 5 N–H and O–H groups in total. The number of amides is 4. The summed E-state index contributed by atoms with van der Waals surface area (Å²) in [7, 11) is 0. The van der Waals surface area contributed by atoms with Crippen LogP contribution in [0.3, 0.4) is 0 Å². The highest BCUT2D eigenvalue weighted by Gasteiger charge is 2.40. The van der Waals surface area contributed by atoms with Crippen molar-refractivity contribution in [3.63, 3.8) is 0 Å². The molecule has 0 unspecified atom stereocenters. The zero-order valence-electron chi connectivity index (χ0n) is 28.0. The minimum absolute atomic E-state index is 0.0358. The maximum Gasteiger partial charge on any atom is 0.250 e. The van der Waals surface area contributed by atoms with Gasteiger partial charge >= 0.3 is 0 Å². The average Bonchev–Trinajstić information content (AvgIpc) is 3.49. The summed E-state index contributed by atoms with van der Waals surface area (Å²) < 4.78 is 0. The average molecular weight is 674 g/mol. The van der Waals surface area contributed by atoms with Gasteiger partial charge in [0.05, 0.1) is 17.9 Å². The van der Waals surface area contributed by atoms with Crippen LogP contribution < -0.4 is 16.4 Å². The molecule has 1 aliphatic carbocycles. The van der Waals surface area contributed by atoms with Crippen LogP contribution in [-0.2, 0) is 25.7 Å². The number of carbonyl (C=O) groups excluding carboxylic acids is 4. The third kappa shape index (κ3) is 7.18. The lowest BCUT2D eigenvalue weighted by Crippen LogP contribution is -2.50. The van der Waals surface area contributed by atoms with Crippen molar-refractivity contribution in [3.8, 4) is 11.3 Å². The smallest absolute Gasteiger partial charge is 0.250 e. The molecule has 4 amide bonds. The first kappa shape index (κ1) is 33.2. The second-order valence-corrected chi connectivity index (χ2v) is 13.5. The van der Waals surface area contributed by atoms with E-state index in [0.717, 1.165) is 60.3 Å². The van der Waals surface area contributed by atoms with Gasteiger partial charge in [-0.3, -0.25) is 19.2 Å². The van der Waals surface area contributed by atoms with Gasteiger partial charge in [-0.25, -0.2) is 4.98 Å².